The van der Waals surface area contributed by atoms with E-state index in [1.807, 2.05) is 0 Å². The molecule has 130 valence electrons. The van der Waals surface area contributed by atoms with Crippen LogP contribution in [0.15, 0.2) is 53.5 Å². The van der Waals surface area contributed by atoms with Crippen LogP contribution in [0.4, 0.5) is 4.39 Å². The highest BCUT2D eigenvalue weighted by atomic mass is 35.5. The summed E-state index contributed by atoms with van der Waals surface area (Å²) in [5.74, 6) is 0.0416. The van der Waals surface area contributed by atoms with Crippen LogP contribution in [0.5, 0.6) is 0 Å². The molecule has 25 heavy (non-hydrogen) atoms. The Balaban J connectivity index is 1.83. The molecule has 1 aromatic carbocycles. The second kappa shape index (κ2) is 7.33. The highest BCUT2D eigenvalue weighted by molar-refractivity contribution is 6.30. The summed E-state index contributed by atoms with van der Waals surface area (Å²) in [6.07, 6.45) is 1.55. The molecule has 2 heterocycles. The molecule has 0 radical (unpaired) electrons. The van der Waals surface area contributed by atoms with Crippen molar-refractivity contribution < 1.29 is 4.39 Å². The number of hydrogen-bond acceptors (Lipinski definition) is 3. The summed E-state index contributed by atoms with van der Waals surface area (Å²) in [6.45, 7) is 4.62. The number of rotatable bonds is 5. The average molecular weight is 360 g/mol. The van der Waals surface area contributed by atoms with Crippen LogP contribution in [0.3, 0.4) is 0 Å². The van der Waals surface area contributed by atoms with Gasteiger partial charge in [-0.3, -0.25) is 9.20 Å². The van der Waals surface area contributed by atoms with Gasteiger partial charge in [-0.25, -0.2) is 9.37 Å². The van der Waals surface area contributed by atoms with E-state index in [1.165, 1.54) is 22.6 Å². The molecule has 0 saturated heterocycles. The fourth-order valence-corrected chi connectivity index (χ4v) is 3.00. The van der Waals surface area contributed by atoms with E-state index in [0.717, 1.165) is 5.56 Å². The van der Waals surface area contributed by atoms with Gasteiger partial charge < -0.3 is 5.32 Å². The quantitative estimate of drug-likeness (QED) is 0.749. The minimum absolute atomic E-state index is 0.0334. The molecule has 4 nitrogen and oxygen atoms in total. The van der Waals surface area contributed by atoms with Crippen molar-refractivity contribution in [3.8, 4) is 0 Å². The largest absolute Gasteiger partial charge is 0.304 e. The molecule has 1 N–H and O–H groups in total. The Morgan fingerprint density at radius 1 is 1.20 bits per heavy atom. The molecule has 0 fully saturated rings. The minimum atomic E-state index is -0.255. The number of fused-ring (bicyclic) bond motifs is 1. The lowest BCUT2D eigenvalue weighted by atomic mass is 9.96. The Kier molecular flexibility index (Phi) is 5.16. The first-order valence-electron chi connectivity index (χ1n) is 8.11. The maximum absolute atomic E-state index is 13.1. The fraction of sp³-hybridized carbons (Fsp3) is 0.263. The van der Waals surface area contributed by atoms with Crippen molar-refractivity contribution in [2.45, 2.75) is 26.4 Å². The van der Waals surface area contributed by atoms with E-state index >= 15 is 0 Å². The summed E-state index contributed by atoms with van der Waals surface area (Å²) in [4.78, 5) is 16.7. The van der Waals surface area contributed by atoms with E-state index in [2.05, 4.69) is 24.1 Å². The SMILES string of the molecule is CC(C)C(NCc1cc(=O)n2cc(Cl)ccc2n1)c1ccc(F)cc1. The predicted molar refractivity (Wildman–Crippen MR) is 97.3 cm³/mol. The van der Waals surface area contributed by atoms with Gasteiger partial charge in [-0.05, 0) is 35.7 Å². The Labute approximate surface area is 150 Å². The van der Waals surface area contributed by atoms with Crippen molar-refractivity contribution in [3.63, 3.8) is 0 Å². The van der Waals surface area contributed by atoms with Gasteiger partial charge in [0, 0.05) is 24.8 Å². The molecule has 1 atom stereocenters. The number of nitrogens with zero attached hydrogens (tertiary/aromatic N) is 2. The lowest BCUT2D eigenvalue weighted by molar-refractivity contribution is 0.408. The highest BCUT2D eigenvalue weighted by Gasteiger charge is 2.16. The molecule has 1 unspecified atom stereocenters. The number of halogens is 2. The van der Waals surface area contributed by atoms with E-state index in [-0.39, 0.29) is 17.4 Å². The Bertz CT molecular complexity index is 938. The lowest BCUT2D eigenvalue weighted by Gasteiger charge is -2.23. The molecule has 0 bridgehead atoms. The van der Waals surface area contributed by atoms with Gasteiger partial charge in [-0.1, -0.05) is 37.6 Å². The second-order valence-electron chi connectivity index (χ2n) is 6.32. The smallest absolute Gasteiger partial charge is 0.258 e. The summed E-state index contributed by atoms with van der Waals surface area (Å²) in [5.41, 5.74) is 2.03. The summed E-state index contributed by atoms with van der Waals surface area (Å²) >= 11 is 5.92. The van der Waals surface area contributed by atoms with E-state index < -0.39 is 0 Å². The van der Waals surface area contributed by atoms with Crippen molar-refractivity contribution in [2.75, 3.05) is 0 Å². The van der Waals surface area contributed by atoms with Gasteiger partial charge in [0.25, 0.3) is 5.56 Å². The molecule has 0 amide bonds. The monoisotopic (exact) mass is 359 g/mol. The summed E-state index contributed by atoms with van der Waals surface area (Å²) in [7, 11) is 0. The number of nitrogens with one attached hydrogen (secondary N) is 1. The number of aromatic nitrogens is 2. The fourth-order valence-electron chi connectivity index (χ4n) is 2.84. The molecule has 6 heteroatoms. The molecule has 0 saturated carbocycles. The van der Waals surface area contributed by atoms with Crippen molar-refractivity contribution in [1.29, 1.82) is 0 Å². The highest BCUT2D eigenvalue weighted by Crippen LogP contribution is 2.22. The van der Waals surface area contributed by atoms with Crippen LogP contribution in [0.1, 0.15) is 31.1 Å². The topological polar surface area (TPSA) is 46.4 Å². The zero-order chi connectivity index (χ0) is 18.0. The van der Waals surface area contributed by atoms with Crippen molar-refractivity contribution >= 4 is 17.2 Å². The number of benzene rings is 1. The number of hydrogen-bond donors (Lipinski definition) is 1. The Morgan fingerprint density at radius 3 is 2.60 bits per heavy atom. The molecular weight excluding hydrogens is 341 g/mol. The van der Waals surface area contributed by atoms with Crippen molar-refractivity contribution in [2.24, 2.45) is 5.92 Å². The first-order chi connectivity index (χ1) is 11.9. The van der Waals surface area contributed by atoms with E-state index in [1.54, 1.807) is 30.5 Å². The molecule has 0 spiro atoms. The summed E-state index contributed by atoms with van der Waals surface area (Å²) in [6, 6.07) is 11.4. The van der Waals surface area contributed by atoms with Crippen LogP contribution < -0.4 is 10.9 Å². The number of pyridine rings is 1. The first kappa shape index (κ1) is 17.6. The standard InChI is InChI=1S/C19H19ClFN3O/c1-12(2)19(13-3-6-15(21)7-4-13)22-10-16-9-18(25)24-11-14(20)5-8-17(24)23-16/h3-9,11-12,19,22H,10H2,1-2H3. The molecule has 2 aromatic heterocycles. The van der Waals surface area contributed by atoms with Crippen LogP contribution in [-0.2, 0) is 6.54 Å². The van der Waals surface area contributed by atoms with E-state index in [4.69, 9.17) is 11.6 Å². The van der Waals surface area contributed by atoms with Crippen molar-refractivity contribution in [1.82, 2.24) is 14.7 Å². The lowest BCUT2D eigenvalue weighted by Crippen LogP contribution is -2.27. The van der Waals surface area contributed by atoms with Crippen LogP contribution in [0.2, 0.25) is 5.02 Å². The first-order valence-corrected chi connectivity index (χ1v) is 8.48. The summed E-state index contributed by atoms with van der Waals surface area (Å²) < 4.78 is 14.6. The van der Waals surface area contributed by atoms with Crippen LogP contribution >= 0.6 is 11.6 Å². The van der Waals surface area contributed by atoms with Gasteiger partial charge in [0.1, 0.15) is 11.5 Å². The Morgan fingerprint density at radius 2 is 1.92 bits per heavy atom. The molecule has 3 aromatic rings. The van der Waals surface area contributed by atoms with Gasteiger partial charge in [-0.2, -0.15) is 0 Å². The zero-order valence-corrected chi connectivity index (χ0v) is 14.8. The van der Waals surface area contributed by atoms with Gasteiger partial charge in [0.15, 0.2) is 0 Å². The van der Waals surface area contributed by atoms with Crippen LogP contribution in [-0.4, -0.2) is 9.38 Å². The normalized spacial score (nSPS) is 12.7. The van der Waals surface area contributed by atoms with E-state index in [9.17, 15) is 9.18 Å². The molecule has 3 rings (SSSR count). The van der Waals surface area contributed by atoms with E-state index in [0.29, 0.717) is 28.8 Å². The summed E-state index contributed by atoms with van der Waals surface area (Å²) in [5, 5.41) is 3.90. The van der Waals surface area contributed by atoms with Crippen LogP contribution in [0.25, 0.3) is 5.65 Å². The zero-order valence-electron chi connectivity index (χ0n) is 14.0. The molecule has 0 aliphatic carbocycles. The second-order valence-corrected chi connectivity index (χ2v) is 6.75. The maximum Gasteiger partial charge on any atom is 0.258 e. The van der Waals surface area contributed by atoms with Crippen LogP contribution in [0, 0.1) is 11.7 Å². The Hall–Kier alpha value is -2.24. The predicted octanol–water partition coefficient (Wildman–Crippen LogP) is 3.97. The maximum atomic E-state index is 13.1. The third-order valence-electron chi connectivity index (χ3n) is 4.08. The van der Waals surface area contributed by atoms with Gasteiger partial charge >= 0.3 is 0 Å². The third kappa shape index (κ3) is 4.06. The molecule has 0 aliphatic heterocycles. The average Bonchev–Trinajstić information content (AvgIpc) is 2.57. The molecular formula is C19H19ClFN3O. The van der Waals surface area contributed by atoms with Gasteiger partial charge in [0.2, 0.25) is 0 Å². The molecule has 0 aliphatic rings. The third-order valence-corrected chi connectivity index (χ3v) is 4.30. The van der Waals surface area contributed by atoms with Crippen molar-refractivity contribution in [3.05, 3.63) is 81.1 Å². The van der Waals surface area contributed by atoms with Gasteiger partial charge in [-0.15, -0.1) is 0 Å². The van der Waals surface area contributed by atoms with Gasteiger partial charge in [0.05, 0.1) is 10.7 Å². The minimum Gasteiger partial charge on any atom is -0.304 e.